The molecule has 0 aromatic carbocycles. The number of carboxylic acids is 1. The molecule has 1 atom stereocenters. The molecule has 2 amide bonds. The third-order valence-electron chi connectivity index (χ3n) is 3.19. The van der Waals surface area contributed by atoms with Crippen LogP contribution in [0, 0.1) is 5.92 Å². The summed E-state index contributed by atoms with van der Waals surface area (Å²) >= 11 is 0. The van der Waals surface area contributed by atoms with Crippen LogP contribution in [0.5, 0.6) is 0 Å². The number of nitrogens with zero attached hydrogens (tertiary/aromatic N) is 2. The Kier molecular flexibility index (Phi) is 5.20. The van der Waals surface area contributed by atoms with Crippen molar-refractivity contribution in [3.8, 4) is 0 Å². The lowest BCUT2D eigenvalue weighted by Crippen LogP contribution is -2.60. The number of carboxylic acid groups (broad SMARTS) is 1. The highest BCUT2D eigenvalue weighted by atomic mass is 16.6. The standard InChI is InChI=1S/C14H24N2O5/c1-9(2)10-6-15(8-12(18)19)11(17)7-16(10)13(20)21-14(3,4)5/h9-10H,6-8H2,1-5H3,(H,18,19)/t10-/m0/s1. The molecule has 0 aromatic heterocycles. The van der Waals surface area contributed by atoms with Crippen molar-refractivity contribution in [3.05, 3.63) is 0 Å². The second-order valence-corrected chi connectivity index (χ2v) is 6.59. The molecule has 21 heavy (non-hydrogen) atoms. The van der Waals surface area contributed by atoms with Crippen LogP contribution in [0.1, 0.15) is 34.6 Å². The van der Waals surface area contributed by atoms with Gasteiger partial charge in [0.1, 0.15) is 18.7 Å². The van der Waals surface area contributed by atoms with Gasteiger partial charge in [-0.2, -0.15) is 0 Å². The molecule has 120 valence electrons. The summed E-state index contributed by atoms with van der Waals surface area (Å²) in [6.07, 6.45) is -0.537. The molecule has 1 saturated heterocycles. The van der Waals surface area contributed by atoms with Crippen LogP contribution in [0.4, 0.5) is 4.79 Å². The average molecular weight is 300 g/mol. The molecule has 0 radical (unpaired) electrons. The summed E-state index contributed by atoms with van der Waals surface area (Å²) in [6, 6.07) is -0.253. The molecule has 0 saturated carbocycles. The van der Waals surface area contributed by atoms with Crippen LogP contribution >= 0.6 is 0 Å². The first-order valence-electron chi connectivity index (χ1n) is 7.00. The zero-order chi connectivity index (χ0) is 16.4. The van der Waals surface area contributed by atoms with Crippen molar-refractivity contribution in [1.29, 1.82) is 0 Å². The Morgan fingerprint density at radius 3 is 2.38 bits per heavy atom. The van der Waals surface area contributed by atoms with Gasteiger partial charge in [-0.15, -0.1) is 0 Å². The molecule has 1 heterocycles. The van der Waals surface area contributed by atoms with E-state index in [0.29, 0.717) is 0 Å². The largest absolute Gasteiger partial charge is 0.480 e. The lowest BCUT2D eigenvalue weighted by molar-refractivity contribution is -0.148. The number of hydrogen-bond donors (Lipinski definition) is 1. The van der Waals surface area contributed by atoms with Gasteiger partial charge in [0.15, 0.2) is 0 Å². The predicted molar refractivity (Wildman–Crippen MR) is 75.8 cm³/mol. The van der Waals surface area contributed by atoms with E-state index in [9.17, 15) is 14.4 Å². The number of amides is 2. The zero-order valence-electron chi connectivity index (χ0n) is 13.3. The maximum Gasteiger partial charge on any atom is 0.411 e. The van der Waals surface area contributed by atoms with Gasteiger partial charge in [0.05, 0.1) is 6.04 Å². The lowest BCUT2D eigenvalue weighted by Gasteiger charge is -2.42. The maximum atomic E-state index is 12.2. The molecule has 0 unspecified atom stereocenters. The minimum absolute atomic E-state index is 0.0851. The van der Waals surface area contributed by atoms with Gasteiger partial charge in [0.2, 0.25) is 5.91 Å². The normalized spacial score (nSPS) is 19.9. The van der Waals surface area contributed by atoms with Crippen LogP contribution in [0.25, 0.3) is 0 Å². The topological polar surface area (TPSA) is 87.2 Å². The summed E-state index contributed by atoms with van der Waals surface area (Å²) in [5.41, 5.74) is -0.639. The van der Waals surface area contributed by atoms with Gasteiger partial charge in [-0.05, 0) is 26.7 Å². The summed E-state index contributed by atoms with van der Waals surface area (Å²) in [4.78, 5) is 37.7. The van der Waals surface area contributed by atoms with Crippen LogP contribution in [0.3, 0.4) is 0 Å². The number of ether oxygens (including phenoxy) is 1. The van der Waals surface area contributed by atoms with Gasteiger partial charge in [-0.1, -0.05) is 13.8 Å². The van der Waals surface area contributed by atoms with E-state index in [1.54, 1.807) is 20.8 Å². The number of carbonyl (C=O) groups excluding carboxylic acids is 2. The minimum Gasteiger partial charge on any atom is -0.480 e. The van der Waals surface area contributed by atoms with E-state index in [1.165, 1.54) is 9.80 Å². The number of rotatable bonds is 3. The van der Waals surface area contributed by atoms with Crippen LogP contribution in [0.2, 0.25) is 0 Å². The molecule has 0 bridgehead atoms. The molecule has 1 N–H and O–H groups in total. The fourth-order valence-electron chi connectivity index (χ4n) is 2.20. The Hall–Kier alpha value is -1.79. The molecule has 0 aromatic rings. The SMILES string of the molecule is CC(C)[C@@H]1CN(CC(=O)O)C(=O)CN1C(=O)OC(C)(C)C. The van der Waals surface area contributed by atoms with Crippen molar-refractivity contribution in [3.63, 3.8) is 0 Å². The highest BCUT2D eigenvalue weighted by Crippen LogP contribution is 2.21. The quantitative estimate of drug-likeness (QED) is 0.845. The maximum absolute atomic E-state index is 12.2. The average Bonchev–Trinajstić information content (AvgIpc) is 2.27. The van der Waals surface area contributed by atoms with E-state index in [1.807, 2.05) is 13.8 Å². The third kappa shape index (κ3) is 4.91. The van der Waals surface area contributed by atoms with E-state index < -0.39 is 17.7 Å². The van der Waals surface area contributed by atoms with Crippen molar-refractivity contribution < 1.29 is 24.2 Å². The second-order valence-electron chi connectivity index (χ2n) is 6.59. The van der Waals surface area contributed by atoms with E-state index >= 15 is 0 Å². The zero-order valence-corrected chi connectivity index (χ0v) is 13.3. The summed E-state index contributed by atoms with van der Waals surface area (Å²) in [6.45, 7) is 8.86. The molecule has 1 aliphatic rings. The van der Waals surface area contributed by atoms with Crippen LogP contribution in [-0.4, -0.2) is 64.2 Å². The molecule has 0 spiro atoms. The molecule has 0 aliphatic carbocycles. The van der Waals surface area contributed by atoms with Gasteiger partial charge in [-0.25, -0.2) is 4.79 Å². The van der Waals surface area contributed by atoms with Gasteiger partial charge in [-0.3, -0.25) is 14.5 Å². The molecular weight excluding hydrogens is 276 g/mol. The van der Waals surface area contributed by atoms with Crippen molar-refractivity contribution in [1.82, 2.24) is 9.80 Å². The first kappa shape index (κ1) is 17.3. The van der Waals surface area contributed by atoms with Gasteiger partial charge < -0.3 is 14.7 Å². The van der Waals surface area contributed by atoms with Crippen LogP contribution < -0.4 is 0 Å². The smallest absolute Gasteiger partial charge is 0.411 e. The first-order chi connectivity index (χ1) is 9.51. The Labute approximate surface area is 124 Å². The molecule has 1 fully saturated rings. The molecule has 7 nitrogen and oxygen atoms in total. The van der Waals surface area contributed by atoms with Crippen molar-refractivity contribution in [2.24, 2.45) is 5.92 Å². The predicted octanol–water partition coefficient (Wildman–Crippen LogP) is 1.17. The highest BCUT2D eigenvalue weighted by molar-refractivity contribution is 5.86. The van der Waals surface area contributed by atoms with Gasteiger partial charge in [0.25, 0.3) is 0 Å². The number of carbonyl (C=O) groups is 3. The Morgan fingerprint density at radius 2 is 1.95 bits per heavy atom. The van der Waals surface area contributed by atoms with Gasteiger partial charge >= 0.3 is 12.1 Å². The summed E-state index contributed by atoms with van der Waals surface area (Å²) in [5.74, 6) is -1.35. The van der Waals surface area contributed by atoms with E-state index in [0.717, 1.165) is 0 Å². The van der Waals surface area contributed by atoms with Crippen molar-refractivity contribution >= 4 is 18.0 Å². The third-order valence-corrected chi connectivity index (χ3v) is 3.19. The number of piperazine rings is 1. The molecule has 1 rings (SSSR count). The van der Waals surface area contributed by atoms with E-state index in [4.69, 9.17) is 9.84 Å². The van der Waals surface area contributed by atoms with Crippen molar-refractivity contribution in [2.75, 3.05) is 19.6 Å². The van der Waals surface area contributed by atoms with Crippen molar-refractivity contribution in [2.45, 2.75) is 46.3 Å². The summed E-state index contributed by atoms with van der Waals surface area (Å²) in [7, 11) is 0. The monoisotopic (exact) mass is 300 g/mol. The fraction of sp³-hybridized carbons (Fsp3) is 0.786. The minimum atomic E-state index is -1.06. The fourth-order valence-corrected chi connectivity index (χ4v) is 2.20. The van der Waals surface area contributed by atoms with Crippen LogP contribution in [-0.2, 0) is 14.3 Å². The summed E-state index contributed by atoms with van der Waals surface area (Å²) in [5, 5.41) is 8.84. The molecular formula is C14H24N2O5. The summed E-state index contributed by atoms with van der Waals surface area (Å²) < 4.78 is 5.32. The molecule has 1 aliphatic heterocycles. The first-order valence-corrected chi connectivity index (χ1v) is 7.00. The highest BCUT2D eigenvalue weighted by Gasteiger charge is 2.39. The number of aliphatic carboxylic acids is 1. The molecule has 7 heteroatoms. The lowest BCUT2D eigenvalue weighted by atomic mass is 9.99. The Balaban J connectivity index is 2.87. The van der Waals surface area contributed by atoms with E-state index in [2.05, 4.69) is 0 Å². The second kappa shape index (κ2) is 6.32. The number of hydrogen-bond acceptors (Lipinski definition) is 4. The Bertz CT molecular complexity index is 428. The van der Waals surface area contributed by atoms with Gasteiger partial charge in [0, 0.05) is 6.54 Å². The van der Waals surface area contributed by atoms with E-state index in [-0.39, 0.29) is 37.5 Å². The Morgan fingerprint density at radius 1 is 1.38 bits per heavy atom. The van der Waals surface area contributed by atoms with Crippen LogP contribution in [0.15, 0.2) is 0 Å².